The summed E-state index contributed by atoms with van der Waals surface area (Å²) < 4.78 is 0. The Morgan fingerprint density at radius 1 is 0.667 bits per heavy atom. The van der Waals surface area contributed by atoms with Crippen molar-refractivity contribution in [2.45, 2.75) is 13.8 Å². The smallest absolute Gasteiger partial charge is 0.0708 e. The lowest BCUT2D eigenvalue weighted by molar-refractivity contribution is 1.26. The summed E-state index contributed by atoms with van der Waals surface area (Å²) in [5.74, 6) is 0. The minimum absolute atomic E-state index is 0.734. The molecule has 132 valence electrons. The summed E-state index contributed by atoms with van der Waals surface area (Å²) in [7, 11) is 0. The molecule has 27 heavy (non-hydrogen) atoms. The molecule has 0 aliphatic carbocycles. The Balaban J connectivity index is 1.84. The van der Waals surface area contributed by atoms with Gasteiger partial charge in [-0.2, -0.15) is 0 Å². The minimum Gasteiger partial charge on any atom is -0.256 e. The maximum atomic E-state index is 6.03. The first-order valence-corrected chi connectivity index (χ1v) is 9.39. The Morgan fingerprint density at radius 3 is 2.11 bits per heavy atom. The molecule has 0 aliphatic rings. The van der Waals surface area contributed by atoms with E-state index in [1.807, 2.05) is 36.5 Å². The first-order chi connectivity index (χ1) is 13.1. The highest BCUT2D eigenvalue weighted by Gasteiger charge is 2.12. The van der Waals surface area contributed by atoms with Gasteiger partial charge in [0.05, 0.1) is 5.69 Å². The number of benzene rings is 3. The molecule has 1 heterocycles. The van der Waals surface area contributed by atoms with Gasteiger partial charge in [-0.1, -0.05) is 72.3 Å². The summed E-state index contributed by atoms with van der Waals surface area (Å²) in [5, 5.41) is 0.734. The minimum atomic E-state index is 0.734. The van der Waals surface area contributed by atoms with Gasteiger partial charge in [0.2, 0.25) is 0 Å². The maximum absolute atomic E-state index is 6.03. The number of hydrogen-bond acceptors (Lipinski definition) is 1. The number of rotatable bonds is 3. The van der Waals surface area contributed by atoms with Crippen molar-refractivity contribution in [1.29, 1.82) is 0 Å². The van der Waals surface area contributed by atoms with E-state index < -0.39 is 0 Å². The van der Waals surface area contributed by atoms with E-state index in [0.717, 1.165) is 16.3 Å². The lowest BCUT2D eigenvalue weighted by Gasteiger charge is -2.15. The van der Waals surface area contributed by atoms with Crippen molar-refractivity contribution in [2.75, 3.05) is 0 Å². The number of hydrogen-bond donors (Lipinski definition) is 0. The molecule has 0 saturated heterocycles. The second kappa shape index (κ2) is 7.38. The second-order valence-electron chi connectivity index (χ2n) is 6.74. The highest BCUT2D eigenvalue weighted by molar-refractivity contribution is 6.30. The summed E-state index contributed by atoms with van der Waals surface area (Å²) in [6, 6.07) is 27.0. The van der Waals surface area contributed by atoms with E-state index in [-0.39, 0.29) is 0 Å². The van der Waals surface area contributed by atoms with Crippen LogP contribution < -0.4 is 0 Å². The molecule has 0 aliphatic heterocycles. The molecule has 3 aromatic carbocycles. The lowest BCUT2D eigenvalue weighted by atomic mass is 9.91. The first-order valence-electron chi connectivity index (χ1n) is 9.01. The van der Waals surface area contributed by atoms with Crippen molar-refractivity contribution in [2.24, 2.45) is 0 Å². The zero-order chi connectivity index (χ0) is 18.8. The molecule has 0 unspecified atom stereocenters. The van der Waals surface area contributed by atoms with E-state index in [1.54, 1.807) is 0 Å². The summed E-state index contributed by atoms with van der Waals surface area (Å²) >= 11 is 6.03. The van der Waals surface area contributed by atoms with Crippen LogP contribution in [0.2, 0.25) is 5.02 Å². The van der Waals surface area contributed by atoms with Gasteiger partial charge in [-0.05, 0) is 65.4 Å². The summed E-state index contributed by atoms with van der Waals surface area (Å²) in [6.07, 6.45) is 1.95. The third-order valence-electron chi connectivity index (χ3n) is 4.95. The van der Waals surface area contributed by atoms with Crippen LogP contribution >= 0.6 is 11.6 Å². The van der Waals surface area contributed by atoms with Crippen molar-refractivity contribution in [3.63, 3.8) is 0 Å². The maximum Gasteiger partial charge on any atom is 0.0708 e. The van der Waals surface area contributed by atoms with Crippen molar-refractivity contribution < 1.29 is 0 Å². The summed E-state index contributed by atoms with van der Waals surface area (Å²) in [4.78, 5) is 4.63. The van der Waals surface area contributed by atoms with E-state index in [2.05, 4.69) is 67.4 Å². The van der Waals surface area contributed by atoms with Gasteiger partial charge in [0, 0.05) is 16.8 Å². The molecule has 0 N–H and O–H groups in total. The number of pyridine rings is 1. The molecular weight excluding hydrogens is 350 g/mol. The van der Waals surface area contributed by atoms with Crippen LogP contribution in [0.5, 0.6) is 0 Å². The van der Waals surface area contributed by atoms with Gasteiger partial charge < -0.3 is 0 Å². The predicted molar refractivity (Wildman–Crippen MR) is 115 cm³/mol. The van der Waals surface area contributed by atoms with Gasteiger partial charge >= 0.3 is 0 Å². The molecule has 1 nitrogen and oxygen atoms in total. The third kappa shape index (κ3) is 3.51. The molecule has 0 bridgehead atoms. The fourth-order valence-electron chi connectivity index (χ4n) is 3.45. The molecule has 4 rings (SSSR count). The van der Waals surface area contributed by atoms with Crippen molar-refractivity contribution in [3.8, 4) is 33.5 Å². The molecule has 4 aromatic rings. The van der Waals surface area contributed by atoms with Crippen LogP contribution in [0.1, 0.15) is 11.1 Å². The fraction of sp³-hybridized carbons (Fsp3) is 0.0800. The van der Waals surface area contributed by atoms with E-state index in [0.29, 0.717) is 0 Å². The second-order valence-corrected chi connectivity index (χ2v) is 7.17. The topological polar surface area (TPSA) is 12.9 Å². The number of nitrogens with zero attached hydrogens (tertiary/aromatic N) is 1. The Labute approximate surface area is 165 Å². The van der Waals surface area contributed by atoms with Gasteiger partial charge in [-0.15, -0.1) is 0 Å². The average molecular weight is 370 g/mol. The molecule has 2 heteroatoms. The molecule has 0 fully saturated rings. The largest absolute Gasteiger partial charge is 0.256 e. The summed E-state index contributed by atoms with van der Waals surface area (Å²) in [6.45, 7) is 4.31. The van der Waals surface area contributed by atoms with Crippen LogP contribution in [0.15, 0.2) is 85.1 Å². The molecule has 0 radical (unpaired) electrons. The first kappa shape index (κ1) is 17.5. The highest BCUT2D eigenvalue weighted by Crippen LogP contribution is 2.34. The number of aromatic nitrogens is 1. The molecule has 0 spiro atoms. The van der Waals surface area contributed by atoms with Gasteiger partial charge in [0.15, 0.2) is 0 Å². The zero-order valence-corrected chi connectivity index (χ0v) is 16.2. The quantitative estimate of drug-likeness (QED) is 0.367. The lowest BCUT2D eigenvalue weighted by Crippen LogP contribution is -1.93. The molecule has 0 atom stereocenters. The fourth-order valence-corrected chi connectivity index (χ4v) is 3.58. The van der Waals surface area contributed by atoms with Crippen molar-refractivity contribution in [1.82, 2.24) is 4.98 Å². The monoisotopic (exact) mass is 369 g/mol. The van der Waals surface area contributed by atoms with Crippen LogP contribution in [0.4, 0.5) is 0 Å². The van der Waals surface area contributed by atoms with Crippen molar-refractivity contribution in [3.05, 3.63) is 101 Å². The van der Waals surface area contributed by atoms with E-state index >= 15 is 0 Å². The van der Waals surface area contributed by atoms with E-state index in [4.69, 9.17) is 11.6 Å². The average Bonchev–Trinajstić information content (AvgIpc) is 2.70. The third-order valence-corrected chi connectivity index (χ3v) is 5.20. The Morgan fingerprint density at radius 2 is 1.37 bits per heavy atom. The Bertz CT molecular complexity index is 1080. The van der Waals surface area contributed by atoms with Crippen LogP contribution in [-0.2, 0) is 0 Å². The predicted octanol–water partition coefficient (Wildman–Crippen LogP) is 7.35. The summed E-state index contributed by atoms with van der Waals surface area (Å²) in [5.41, 5.74) is 9.42. The molecule has 0 amide bonds. The van der Waals surface area contributed by atoms with Crippen LogP contribution in [0.25, 0.3) is 33.5 Å². The molecule has 1 aromatic heterocycles. The molecular formula is C25H20ClN. The van der Waals surface area contributed by atoms with Crippen LogP contribution in [0.3, 0.4) is 0 Å². The van der Waals surface area contributed by atoms with Gasteiger partial charge in [-0.3, -0.25) is 4.98 Å². The zero-order valence-electron chi connectivity index (χ0n) is 15.4. The van der Waals surface area contributed by atoms with Gasteiger partial charge in [-0.25, -0.2) is 0 Å². The van der Waals surface area contributed by atoms with Crippen molar-refractivity contribution >= 4 is 11.6 Å². The number of aryl methyl sites for hydroxylation is 1. The SMILES string of the molecule is Cc1cnc(-c2ccc(Cl)cc2)cc1-c1cccc(-c2ccccc2)c1C. The van der Waals surface area contributed by atoms with Crippen LogP contribution in [-0.4, -0.2) is 4.98 Å². The van der Waals surface area contributed by atoms with E-state index in [1.165, 1.54) is 33.4 Å². The van der Waals surface area contributed by atoms with Crippen LogP contribution in [0, 0.1) is 13.8 Å². The molecule has 0 saturated carbocycles. The number of halogens is 1. The van der Waals surface area contributed by atoms with Gasteiger partial charge in [0.25, 0.3) is 0 Å². The van der Waals surface area contributed by atoms with Gasteiger partial charge in [0.1, 0.15) is 0 Å². The Hall–Kier alpha value is -2.90. The normalized spacial score (nSPS) is 10.8. The van der Waals surface area contributed by atoms with E-state index in [9.17, 15) is 0 Å². The highest BCUT2D eigenvalue weighted by atomic mass is 35.5. The standard InChI is InChI=1S/C25H20ClN/c1-17-16-27-25(20-11-13-21(26)14-12-20)15-24(17)23-10-6-9-22(18(23)2)19-7-4-3-5-8-19/h3-16H,1-2H3. The Kier molecular flexibility index (Phi) is 4.79.